The molecule has 0 aliphatic rings. The van der Waals surface area contributed by atoms with Crippen molar-refractivity contribution in [3.8, 4) is 34.5 Å². The van der Waals surface area contributed by atoms with Gasteiger partial charge < -0.3 is 74.8 Å². The van der Waals surface area contributed by atoms with E-state index in [2.05, 4.69) is 163 Å². The summed E-state index contributed by atoms with van der Waals surface area (Å²) in [4.78, 5) is 49.0. The third-order valence-electron chi connectivity index (χ3n) is 22.3. The Hall–Kier alpha value is -13.8. The highest BCUT2D eigenvalue weighted by Crippen LogP contribution is 2.36. The van der Waals surface area contributed by atoms with Crippen LogP contribution in [0.2, 0.25) is 0 Å². The molecule has 12 aromatic carbocycles. The number of nitrogens with zero attached hydrogens (tertiary/aromatic N) is 4. The van der Waals surface area contributed by atoms with E-state index in [9.17, 15) is 29.7 Å². The number of aromatic nitrogens is 2. The second-order valence-corrected chi connectivity index (χ2v) is 33.0. The Morgan fingerprint density at radius 1 is 0.341 bits per heavy atom. The van der Waals surface area contributed by atoms with Crippen LogP contribution < -0.4 is 45.6 Å². The highest BCUT2D eigenvalue weighted by atomic mass is 16.5. The Balaban J connectivity index is 0.000000165. The lowest BCUT2D eigenvalue weighted by atomic mass is 10.1. The molecule has 0 fully saturated rings. The van der Waals surface area contributed by atoms with Gasteiger partial charge in [-0.2, -0.15) is 0 Å². The van der Waals surface area contributed by atoms with Crippen LogP contribution in [0, 0.1) is 41.5 Å². The Morgan fingerprint density at radius 3 is 1.07 bits per heavy atom. The van der Waals surface area contributed by atoms with Gasteiger partial charge in [-0.05, 0) is 161 Å². The highest BCUT2D eigenvalue weighted by molar-refractivity contribution is 5.84. The number of nitrogens with two attached hydrogens (primary N) is 3. The zero-order valence-corrected chi connectivity index (χ0v) is 73.9. The number of fused-ring (bicyclic) bond motifs is 3. The number of para-hydroxylation sites is 3. The molecule has 0 aliphatic heterocycles. The minimum Gasteiger partial charge on any atom is -0.489 e. The third kappa shape index (κ3) is 27.6. The molecule has 15 rings (SSSR count). The van der Waals surface area contributed by atoms with Gasteiger partial charge in [-0.25, -0.2) is 4.98 Å². The Morgan fingerprint density at radius 2 is 0.674 bits per heavy atom. The van der Waals surface area contributed by atoms with Gasteiger partial charge in [0, 0.05) is 97.5 Å². The van der Waals surface area contributed by atoms with E-state index in [4.69, 9.17) is 54.5 Å². The average Bonchev–Trinajstić information content (AvgIpc) is 1.60. The monoisotopic (exact) mass is 1730 g/mol. The Bertz CT molecular complexity index is 5900. The van der Waals surface area contributed by atoms with Crippen LogP contribution in [-0.2, 0) is 93.3 Å². The molecular weight excluding hydrogens is 1620 g/mol. The fourth-order valence-corrected chi connectivity index (χ4v) is 15.5. The number of aryl methyl sites for hydroxylation is 6. The number of furan rings is 2. The lowest BCUT2D eigenvalue weighted by Crippen LogP contribution is -2.35. The summed E-state index contributed by atoms with van der Waals surface area (Å²) >= 11 is 0. The van der Waals surface area contributed by atoms with E-state index in [1.807, 2.05) is 170 Å². The van der Waals surface area contributed by atoms with Crippen molar-refractivity contribution in [1.82, 2.24) is 24.7 Å². The normalized spacial score (nSPS) is 12.0. The quantitative estimate of drug-likeness (QED) is 0.0187. The van der Waals surface area contributed by atoms with Gasteiger partial charge in [0.05, 0.1) is 35.5 Å². The highest BCUT2D eigenvalue weighted by Gasteiger charge is 2.25. The van der Waals surface area contributed by atoms with Crippen molar-refractivity contribution in [2.24, 2.45) is 17.2 Å². The number of ether oxygens (including phenoxy) is 6. The van der Waals surface area contributed by atoms with Crippen molar-refractivity contribution in [3.63, 3.8) is 0 Å². The molecule has 0 unspecified atom stereocenters. The van der Waals surface area contributed by atoms with E-state index in [-0.39, 0.29) is 12.8 Å². The average molecular weight is 1740 g/mol. The first-order valence-corrected chi connectivity index (χ1v) is 43.4. The number of aliphatic carboxylic acids is 3. The molecule has 0 aliphatic carbocycles. The van der Waals surface area contributed by atoms with Gasteiger partial charge in [-0.15, -0.1) is 0 Å². The first kappa shape index (κ1) is 92.8. The number of aromatic amines is 1. The molecule has 0 spiro atoms. The van der Waals surface area contributed by atoms with Gasteiger partial charge in [0.1, 0.15) is 103 Å². The van der Waals surface area contributed by atoms with Gasteiger partial charge in [0.25, 0.3) is 0 Å². The van der Waals surface area contributed by atoms with E-state index in [1.165, 1.54) is 33.4 Å². The van der Waals surface area contributed by atoms with Crippen LogP contribution >= 0.6 is 0 Å². The number of carbonyl (C=O) groups is 3. The van der Waals surface area contributed by atoms with E-state index in [0.29, 0.717) is 105 Å². The molecule has 0 saturated heterocycles. The topological polar surface area (TPSA) is 310 Å². The Kier molecular flexibility index (Phi) is 33.1. The summed E-state index contributed by atoms with van der Waals surface area (Å²) < 4.78 is 49.6. The molecule has 3 heterocycles. The van der Waals surface area contributed by atoms with E-state index < -0.39 is 36.0 Å². The second kappa shape index (κ2) is 46.1. The van der Waals surface area contributed by atoms with Crippen LogP contribution in [0.1, 0.15) is 119 Å². The summed E-state index contributed by atoms with van der Waals surface area (Å²) in [6.45, 7) is 19.4. The van der Waals surface area contributed by atoms with Crippen LogP contribution in [0.25, 0.3) is 33.0 Å². The molecule has 3 atom stereocenters. The number of carboxylic acid groups (broad SMARTS) is 3. The maximum Gasteiger partial charge on any atom is 0.320 e. The van der Waals surface area contributed by atoms with Gasteiger partial charge in [0.2, 0.25) is 0 Å². The minimum absolute atomic E-state index is 0.287. The summed E-state index contributed by atoms with van der Waals surface area (Å²) in [7, 11) is 0. The van der Waals surface area contributed by atoms with Crippen molar-refractivity contribution < 1.29 is 67.0 Å². The van der Waals surface area contributed by atoms with Crippen LogP contribution in [0.15, 0.2) is 295 Å². The van der Waals surface area contributed by atoms with Crippen molar-refractivity contribution in [2.75, 3.05) is 19.6 Å². The molecule has 129 heavy (non-hydrogen) atoms. The Labute approximate surface area is 753 Å². The number of benzene rings is 12. The number of carboxylic acids is 3. The summed E-state index contributed by atoms with van der Waals surface area (Å²) in [5.41, 5.74) is 40.4. The molecule has 15 aromatic rings. The fourth-order valence-electron chi connectivity index (χ4n) is 15.5. The number of hydrogen-bond acceptors (Lipinski definition) is 18. The lowest BCUT2D eigenvalue weighted by molar-refractivity contribution is -0.139. The van der Waals surface area contributed by atoms with Crippen LogP contribution in [-0.4, -0.2) is 95.7 Å². The molecule has 10 N–H and O–H groups in total. The maximum absolute atomic E-state index is 11.6. The van der Waals surface area contributed by atoms with E-state index >= 15 is 0 Å². The van der Waals surface area contributed by atoms with Crippen molar-refractivity contribution in [1.29, 1.82) is 0 Å². The second-order valence-electron chi connectivity index (χ2n) is 33.0. The van der Waals surface area contributed by atoms with Gasteiger partial charge >= 0.3 is 17.9 Å². The number of rotatable bonds is 42. The van der Waals surface area contributed by atoms with Gasteiger partial charge in [0.15, 0.2) is 0 Å². The lowest BCUT2D eigenvalue weighted by Gasteiger charge is -2.26. The third-order valence-corrected chi connectivity index (χ3v) is 22.3. The molecule has 22 heteroatoms. The van der Waals surface area contributed by atoms with E-state index in [1.54, 1.807) is 18.9 Å². The predicted molar refractivity (Wildman–Crippen MR) is 504 cm³/mol. The van der Waals surface area contributed by atoms with Crippen LogP contribution in [0.3, 0.4) is 0 Å². The van der Waals surface area contributed by atoms with E-state index in [0.717, 1.165) is 134 Å². The molecule has 666 valence electrons. The zero-order chi connectivity index (χ0) is 90.5. The van der Waals surface area contributed by atoms with Gasteiger partial charge in [-0.3, -0.25) is 29.1 Å². The predicted octanol–water partition coefficient (Wildman–Crippen LogP) is 20.2. The van der Waals surface area contributed by atoms with Crippen molar-refractivity contribution in [2.45, 2.75) is 158 Å². The molecule has 0 saturated carbocycles. The number of imidazole rings is 1. The number of hydrogen-bond donors (Lipinski definition) is 7. The molecule has 22 nitrogen and oxygen atoms in total. The molecule has 0 bridgehead atoms. The summed E-state index contributed by atoms with van der Waals surface area (Å²) in [6.07, 6.45) is 5.90. The molecular formula is C107H114N8O14. The van der Waals surface area contributed by atoms with Crippen molar-refractivity contribution >= 4 is 50.9 Å². The fraction of sp³-hybridized carbons (Fsp3) is 0.252. The summed E-state index contributed by atoms with van der Waals surface area (Å²) in [5.74, 6) is 1.52. The first-order valence-electron chi connectivity index (χ1n) is 43.4. The summed E-state index contributed by atoms with van der Waals surface area (Å²) in [6, 6.07) is 86.3. The first-order chi connectivity index (χ1) is 62.5. The molecule has 0 amide bonds. The number of nitrogens with one attached hydrogen (secondary N) is 1. The van der Waals surface area contributed by atoms with Crippen molar-refractivity contribution in [3.05, 3.63) is 386 Å². The maximum atomic E-state index is 11.6. The standard InChI is InChI=1S/2C36H38N2O5.C35H38N4O4/c1-25-7-5-9-27(17-25)23-42-33-12-4-3-11-30(33)21-38(15-13-32(37)36(39)40)22-31-20-34-29(14-16-41-34)19-35(31)43-24-28-10-6-8-26(2)18-28;1-25-7-5-9-27(19-25)23-42-33-12-4-3-11-30(33)21-38(17-15-32(37)36(39)40)22-31-34(14-13-29-16-18-41-35(29)31)43-24-28-10-6-8-26(2)20-28;1-24-7-5-9-26(17-24)21-42-32-12-4-3-11-28(32)19-39(16-15-30(36)35(40)41)20-29-33(14-13-31-34(29)38-23-37-31)43-22-27-10-6-8-25(2)18-27/h3-12,14,16-20,32H,13,15,21-24,37H2,1-2H3,(H,39,40);3-14,16,18-20,32H,15,17,21-24,37H2,1-2H3,(H,39,40);3-14,17-18,23,30H,15-16,19-22,36H2,1-2H3,(H,37,38)(H,40,41)/t2*32-;30-/m000/s1. The number of H-pyrrole nitrogens is 1. The van der Waals surface area contributed by atoms with Gasteiger partial charge in [-0.1, -0.05) is 234 Å². The van der Waals surface area contributed by atoms with Crippen LogP contribution in [0.5, 0.6) is 34.5 Å². The SMILES string of the molecule is Cc1cccc(COc2ccccc2CN(CC[C@H](N)C(=O)O)Cc2c(OCc3cccc(C)c3)ccc3[nH]cnc23)c1.Cc1cccc(COc2ccccc2CN(CC[C@H](N)C(=O)O)Cc2c(OCc3cccc(C)c3)ccc3ccoc23)c1.Cc1cccc(COc2ccccc2CN(CC[C@H](N)C(=O)O)Cc2cc3occc3cc2OCc2cccc(C)c2)c1. The largest absolute Gasteiger partial charge is 0.489 e. The molecule has 0 radical (unpaired) electrons. The molecule has 3 aromatic heterocycles. The zero-order valence-electron chi connectivity index (χ0n) is 73.9. The summed E-state index contributed by atoms with van der Waals surface area (Å²) in [5, 5.41) is 30.3. The van der Waals surface area contributed by atoms with Crippen LogP contribution in [0.4, 0.5) is 0 Å². The smallest absolute Gasteiger partial charge is 0.320 e. The minimum atomic E-state index is -1.02.